The molecule has 0 aliphatic carbocycles. The zero-order valence-electron chi connectivity index (χ0n) is 15.7. The molecule has 0 saturated carbocycles. The van der Waals surface area contributed by atoms with Gasteiger partial charge in [-0.3, -0.25) is 4.79 Å². The minimum atomic E-state index is -1.75. The Morgan fingerprint density at radius 3 is 2.13 bits per heavy atom. The molecule has 1 rings (SSSR count). The topological polar surface area (TPSA) is 35.5 Å². The second-order valence-corrected chi connectivity index (χ2v) is 13.3. The lowest BCUT2D eigenvalue weighted by Gasteiger charge is -2.39. The molecule has 0 heterocycles. The first kappa shape index (κ1) is 19.9. The van der Waals surface area contributed by atoms with Gasteiger partial charge in [0.2, 0.25) is 0 Å². The summed E-state index contributed by atoms with van der Waals surface area (Å²) in [4.78, 5) is 12.0. The first-order valence-electron chi connectivity index (χ1n) is 8.33. The maximum absolute atomic E-state index is 12.0. The molecule has 0 spiro atoms. The molecule has 1 aromatic rings. The molecule has 23 heavy (non-hydrogen) atoms. The number of carbonyl (C=O) groups excluding carboxylic acids is 1. The van der Waals surface area contributed by atoms with Crippen LogP contribution in [0, 0.1) is 5.41 Å². The number of benzene rings is 1. The molecule has 0 atom stereocenters. The lowest BCUT2D eigenvalue weighted by atomic mass is 9.89. The van der Waals surface area contributed by atoms with Crippen LogP contribution in [0.5, 0.6) is 5.75 Å². The maximum Gasteiger partial charge on any atom is 0.311 e. The summed E-state index contributed by atoms with van der Waals surface area (Å²) >= 11 is 0. The van der Waals surface area contributed by atoms with Gasteiger partial charge >= 0.3 is 5.97 Å². The van der Waals surface area contributed by atoms with Gasteiger partial charge in [-0.1, -0.05) is 52.8 Å². The molecule has 0 fully saturated rings. The van der Waals surface area contributed by atoms with E-state index in [-0.39, 0.29) is 16.4 Å². The quantitative estimate of drug-likeness (QED) is 0.379. The zero-order chi connectivity index (χ0) is 17.7. The summed E-state index contributed by atoms with van der Waals surface area (Å²) in [5, 5.41) is 0.204. The average Bonchev–Trinajstić information content (AvgIpc) is 2.43. The van der Waals surface area contributed by atoms with Crippen LogP contribution in [-0.2, 0) is 9.22 Å². The van der Waals surface area contributed by atoms with Gasteiger partial charge in [0.1, 0.15) is 5.75 Å². The van der Waals surface area contributed by atoms with Gasteiger partial charge in [0, 0.05) is 13.0 Å². The monoisotopic (exact) mass is 336 g/mol. The fourth-order valence-electron chi connectivity index (χ4n) is 1.78. The summed E-state index contributed by atoms with van der Waals surface area (Å²) in [7, 11) is -1.75. The first-order valence-corrected chi connectivity index (χ1v) is 11.2. The van der Waals surface area contributed by atoms with Gasteiger partial charge in [0.05, 0.1) is 0 Å². The predicted octanol–water partition coefficient (Wildman–Crippen LogP) is 5.42. The van der Waals surface area contributed by atoms with Gasteiger partial charge < -0.3 is 9.16 Å². The highest BCUT2D eigenvalue weighted by atomic mass is 28.4. The van der Waals surface area contributed by atoms with Crippen LogP contribution < -0.4 is 4.74 Å². The predicted molar refractivity (Wildman–Crippen MR) is 98.2 cm³/mol. The minimum absolute atomic E-state index is 0.0365. The SMILES string of the molecule is CC(C)(CCC(=O)Oc1ccccc1)CO[Si](C)(C)C(C)(C)C. The zero-order valence-corrected chi connectivity index (χ0v) is 16.7. The number of hydrogen-bond donors (Lipinski definition) is 0. The Labute approximate surface area is 142 Å². The van der Waals surface area contributed by atoms with Crippen LogP contribution >= 0.6 is 0 Å². The summed E-state index contributed by atoms with van der Waals surface area (Å²) in [6.45, 7) is 16.2. The van der Waals surface area contributed by atoms with Crippen molar-refractivity contribution in [2.75, 3.05) is 6.61 Å². The number of hydrogen-bond acceptors (Lipinski definition) is 3. The van der Waals surface area contributed by atoms with Crippen molar-refractivity contribution in [3.8, 4) is 5.75 Å². The van der Waals surface area contributed by atoms with Crippen LogP contribution in [0.2, 0.25) is 18.1 Å². The van der Waals surface area contributed by atoms with Crippen molar-refractivity contribution in [2.24, 2.45) is 5.41 Å². The summed E-state index contributed by atoms with van der Waals surface area (Å²) in [5.74, 6) is 0.421. The second kappa shape index (κ2) is 7.62. The number of carbonyl (C=O) groups is 1. The molecule has 4 heteroatoms. The van der Waals surface area contributed by atoms with E-state index in [9.17, 15) is 4.79 Å². The number of rotatable bonds is 7. The van der Waals surface area contributed by atoms with E-state index in [1.54, 1.807) is 12.1 Å². The van der Waals surface area contributed by atoms with E-state index >= 15 is 0 Å². The van der Waals surface area contributed by atoms with Crippen LogP contribution in [0.25, 0.3) is 0 Å². The van der Waals surface area contributed by atoms with Gasteiger partial charge in [0.25, 0.3) is 0 Å². The molecule has 0 bridgehead atoms. The van der Waals surface area contributed by atoms with E-state index in [1.807, 2.05) is 18.2 Å². The van der Waals surface area contributed by atoms with Gasteiger partial charge in [-0.05, 0) is 42.1 Å². The van der Waals surface area contributed by atoms with E-state index in [0.29, 0.717) is 18.8 Å². The molecule has 0 aliphatic heterocycles. The van der Waals surface area contributed by atoms with Crippen LogP contribution in [0.15, 0.2) is 30.3 Å². The highest BCUT2D eigenvalue weighted by Gasteiger charge is 2.38. The average molecular weight is 337 g/mol. The third-order valence-electron chi connectivity index (χ3n) is 4.61. The summed E-state index contributed by atoms with van der Waals surface area (Å²) in [6, 6.07) is 9.21. The van der Waals surface area contributed by atoms with E-state index in [0.717, 1.165) is 6.42 Å². The van der Waals surface area contributed by atoms with E-state index < -0.39 is 8.32 Å². The molecular formula is C19H32O3Si. The third kappa shape index (κ3) is 6.88. The smallest absolute Gasteiger partial charge is 0.311 e. The molecule has 0 aromatic heterocycles. The fraction of sp³-hybridized carbons (Fsp3) is 0.632. The van der Waals surface area contributed by atoms with Gasteiger partial charge in [-0.2, -0.15) is 0 Å². The van der Waals surface area contributed by atoms with Crippen LogP contribution in [0.1, 0.15) is 47.5 Å². The number of esters is 1. The Hall–Kier alpha value is -1.13. The molecule has 130 valence electrons. The molecule has 0 radical (unpaired) electrons. The van der Waals surface area contributed by atoms with Crippen molar-refractivity contribution >= 4 is 14.3 Å². The molecule has 0 saturated heterocycles. The normalized spacial score (nSPS) is 13.0. The molecule has 1 aromatic carbocycles. The minimum Gasteiger partial charge on any atom is -0.427 e. The highest BCUT2D eigenvalue weighted by molar-refractivity contribution is 6.74. The molecule has 0 aliphatic rings. The lowest BCUT2D eigenvalue weighted by molar-refractivity contribution is -0.135. The van der Waals surface area contributed by atoms with Crippen LogP contribution in [-0.4, -0.2) is 20.9 Å². The van der Waals surface area contributed by atoms with Crippen molar-refractivity contribution in [2.45, 2.75) is 65.6 Å². The third-order valence-corrected chi connectivity index (χ3v) is 9.09. The highest BCUT2D eigenvalue weighted by Crippen LogP contribution is 2.38. The van der Waals surface area contributed by atoms with Gasteiger partial charge in [-0.25, -0.2) is 0 Å². The maximum atomic E-state index is 12.0. The van der Waals surface area contributed by atoms with Gasteiger partial charge in [0.15, 0.2) is 8.32 Å². The Kier molecular flexibility index (Phi) is 6.60. The standard InChI is InChI=1S/C19H32O3Si/c1-18(2,3)23(6,7)21-15-19(4,5)14-13-17(20)22-16-11-9-8-10-12-16/h8-12H,13-15H2,1-7H3. The molecule has 3 nitrogen and oxygen atoms in total. The molecule has 0 amide bonds. The van der Waals surface area contributed by atoms with Crippen molar-refractivity contribution < 1.29 is 14.0 Å². The first-order chi connectivity index (χ1) is 10.4. The van der Waals surface area contributed by atoms with Crippen LogP contribution in [0.4, 0.5) is 0 Å². The van der Waals surface area contributed by atoms with Crippen molar-refractivity contribution in [1.29, 1.82) is 0 Å². The Balaban J connectivity index is 2.45. The second-order valence-electron chi connectivity index (χ2n) is 8.50. The Morgan fingerprint density at radius 2 is 1.61 bits per heavy atom. The van der Waals surface area contributed by atoms with Gasteiger partial charge in [-0.15, -0.1) is 0 Å². The van der Waals surface area contributed by atoms with Crippen molar-refractivity contribution in [1.82, 2.24) is 0 Å². The summed E-state index contributed by atoms with van der Waals surface area (Å²) in [6.07, 6.45) is 1.16. The molecule has 0 N–H and O–H groups in total. The van der Waals surface area contributed by atoms with Crippen LogP contribution in [0.3, 0.4) is 0 Å². The van der Waals surface area contributed by atoms with E-state index in [1.165, 1.54) is 0 Å². The largest absolute Gasteiger partial charge is 0.427 e. The Bertz CT molecular complexity index is 501. The Morgan fingerprint density at radius 1 is 1.04 bits per heavy atom. The fourth-order valence-corrected chi connectivity index (χ4v) is 2.96. The number of para-hydroxylation sites is 1. The number of ether oxygens (including phenoxy) is 1. The van der Waals surface area contributed by atoms with E-state index in [4.69, 9.17) is 9.16 Å². The molecule has 0 unspecified atom stereocenters. The van der Waals surface area contributed by atoms with Crippen molar-refractivity contribution in [3.63, 3.8) is 0 Å². The van der Waals surface area contributed by atoms with E-state index in [2.05, 4.69) is 47.7 Å². The summed E-state index contributed by atoms with van der Waals surface area (Å²) in [5.41, 5.74) is -0.0365. The lowest BCUT2D eigenvalue weighted by Crippen LogP contribution is -2.43. The summed E-state index contributed by atoms with van der Waals surface area (Å²) < 4.78 is 11.6. The molecular weight excluding hydrogens is 304 g/mol. The van der Waals surface area contributed by atoms with Crippen molar-refractivity contribution in [3.05, 3.63) is 30.3 Å².